The van der Waals surface area contributed by atoms with Crippen molar-refractivity contribution in [2.75, 3.05) is 0 Å². The minimum Gasteiger partial charge on any atom is -0.508 e. The predicted octanol–water partition coefficient (Wildman–Crippen LogP) is 9.22. The van der Waals surface area contributed by atoms with Gasteiger partial charge in [0.15, 0.2) is 0 Å². The van der Waals surface area contributed by atoms with Crippen molar-refractivity contribution in [3.8, 4) is 11.5 Å². The molecule has 0 heterocycles. The van der Waals surface area contributed by atoms with Crippen LogP contribution in [-0.4, -0.2) is 10.2 Å². The third-order valence-electron chi connectivity index (χ3n) is 7.26. The van der Waals surface area contributed by atoms with Crippen molar-refractivity contribution >= 4 is 11.8 Å². The zero-order chi connectivity index (χ0) is 25.6. The number of phenolic OH excluding ortho intramolecular Hbond substituents is 2. The monoisotopic (exact) mass is 470 g/mol. The zero-order valence-electron chi connectivity index (χ0n) is 23.0. The molecular weight excluding hydrogens is 424 g/mol. The SMILES string of the molecule is CCC(C)(C)c1cc(O)c(C(C)(C)C)cc1Sc1cc(C(C)(C)C)c(O)cc1C(C)(C)CC. The Morgan fingerprint density at radius 3 is 1.09 bits per heavy atom. The second kappa shape index (κ2) is 9.21. The first-order chi connectivity index (χ1) is 14.8. The first-order valence-electron chi connectivity index (χ1n) is 12.3. The Kier molecular flexibility index (Phi) is 7.71. The molecule has 2 aromatic rings. The number of hydrogen-bond acceptors (Lipinski definition) is 3. The molecule has 2 aromatic carbocycles. The molecule has 2 rings (SSSR count). The number of benzene rings is 2. The van der Waals surface area contributed by atoms with Gasteiger partial charge in [0, 0.05) is 20.9 Å². The standard InChI is InChI=1S/C30H46O2S/c1-13-29(9,10)21-15-23(31)19(27(3,4)5)17-25(21)33-26-18-20(28(6,7)8)24(32)16-22(26)30(11,12)14-2/h15-18,31-32H,13-14H2,1-12H3. The summed E-state index contributed by atoms with van der Waals surface area (Å²) < 4.78 is 0. The van der Waals surface area contributed by atoms with Crippen molar-refractivity contribution < 1.29 is 10.2 Å². The molecule has 0 aromatic heterocycles. The Balaban J connectivity index is 2.87. The fraction of sp³-hybridized carbons (Fsp3) is 0.600. The molecule has 0 spiro atoms. The summed E-state index contributed by atoms with van der Waals surface area (Å²) in [5.74, 6) is 0.747. The largest absolute Gasteiger partial charge is 0.508 e. The molecule has 0 aliphatic heterocycles. The van der Waals surface area contributed by atoms with Crippen LogP contribution < -0.4 is 0 Å². The van der Waals surface area contributed by atoms with Crippen LogP contribution in [0.2, 0.25) is 0 Å². The van der Waals surface area contributed by atoms with E-state index in [1.54, 1.807) is 11.8 Å². The first kappa shape index (κ1) is 27.6. The Bertz CT molecular complexity index is 920. The molecule has 0 saturated heterocycles. The van der Waals surface area contributed by atoms with E-state index >= 15 is 0 Å². The normalized spacial score (nSPS) is 13.5. The van der Waals surface area contributed by atoms with Gasteiger partial charge in [-0.15, -0.1) is 0 Å². The quantitative estimate of drug-likeness (QED) is 0.442. The Labute approximate surface area is 207 Å². The zero-order valence-corrected chi connectivity index (χ0v) is 23.8. The lowest BCUT2D eigenvalue weighted by Crippen LogP contribution is -2.20. The van der Waals surface area contributed by atoms with Crippen LogP contribution in [0.25, 0.3) is 0 Å². The van der Waals surface area contributed by atoms with Gasteiger partial charge in [-0.1, -0.05) is 94.8 Å². The molecule has 0 amide bonds. The number of hydrogen-bond donors (Lipinski definition) is 2. The molecule has 0 unspecified atom stereocenters. The molecule has 0 bridgehead atoms. The van der Waals surface area contributed by atoms with Gasteiger partial charge in [0.25, 0.3) is 0 Å². The van der Waals surface area contributed by atoms with E-state index in [1.165, 1.54) is 20.9 Å². The Hall–Kier alpha value is -1.61. The molecule has 0 aliphatic rings. The van der Waals surface area contributed by atoms with Crippen molar-refractivity contribution in [1.29, 1.82) is 0 Å². The van der Waals surface area contributed by atoms with Crippen LogP contribution in [0.4, 0.5) is 0 Å². The maximum atomic E-state index is 10.9. The average Bonchev–Trinajstić information content (AvgIpc) is 2.68. The second-order valence-electron chi connectivity index (χ2n) is 12.8. The second-order valence-corrected chi connectivity index (χ2v) is 13.9. The molecule has 0 atom stereocenters. The van der Waals surface area contributed by atoms with Gasteiger partial charge < -0.3 is 10.2 Å². The molecule has 0 radical (unpaired) electrons. The summed E-state index contributed by atoms with van der Waals surface area (Å²) in [5.41, 5.74) is 3.81. The van der Waals surface area contributed by atoms with Crippen LogP contribution in [0.5, 0.6) is 11.5 Å². The highest BCUT2D eigenvalue weighted by atomic mass is 32.2. The van der Waals surface area contributed by atoms with Crippen LogP contribution >= 0.6 is 11.8 Å². The summed E-state index contributed by atoms with van der Waals surface area (Å²) in [7, 11) is 0. The van der Waals surface area contributed by atoms with E-state index in [4.69, 9.17) is 0 Å². The van der Waals surface area contributed by atoms with Gasteiger partial charge >= 0.3 is 0 Å². The summed E-state index contributed by atoms with van der Waals surface area (Å²) in [6, 6.07) is 8.36. The van der Waals surface area contributed by atoms with Gasteiger partial charge in [-0.2, -0.15) is 0 Å². The first-order valence-corrected chi connectivity index (χ1v) is 13.1. The lowest BCUT2D eigenvalue weighted by atomic mass is 9.79. The molecular formula is C30H46O2S. The number of rotatable bonds is 6. The van der Waals surface area contributed by atoms with Gasteiger partial charge in [0.2, 0.25) is 0 Å². The van der Waals surface area contributed by atoms with Crippen LogP contribution in [0.3, 0.4) is 0 Å². The molecule has 0 fully saturated rings. The fourth-order valence-electron chi connectivity index (χ4n) is 4.06. The van der Waals surface area contributed by atoms with E-state index in [9.17, 15) is 10.2 Å². The highest BCUT2D eigenvalue weighted by Crippen LogP contribution is 2.48. The van der Waals surface area contributed by atoms with E-state index in [1.807, 2.05) is 12.1 Å². The average molecular weight is 471 g/mol. The van der Waals surface area contributed by atoms with E-state index in [-0.39, 0.29) is 21.7 Å². The van der Waals surface area contributed by atoms with Crippen LogP contribution in [-0.2, 0) is 21.7 Å². The van der Waals surface area contributed by atoms with Gasteiger partial charge in [0.05, 0.1) is 0 Å². The van der Waals surface area contributed by atoms with Crippen LogP contribution in [0, 0.1) is 0 Å². The van der Waals surface area contributed by atoms with Crippen molar-refractivity contribution in [3.05, 3.63) is 46.5 Å². The van der Waals surface area contributed by atoms with Gasteiger partial charge in [0.1, 0.15) is 11.5 Å². The Morgan fingerprint density at radius 2 is 0.848 bits per heavy atom. The summed E-state index contributed by atoms with van der Waals surface area (Å²) >= 11 is 1.78. The van der Waals surface area contributed by atoms with Crippen LogP contribution in [0.15, 0.2) is 34.1 Å². The highest BCUT2D eigenvalue weighted by Gasteiger charge is 2.31. The van der Waals surface area contributed by atoms with Crippen molar-refractivity contribution in [2.24, 2.45) is 0 Å². The van der Waals surface area contributed by atoms with Crippen molar-refractivity contribution in [1.82, 2.24) is 0 Å². The molecule has 0 saturated carbocycles. The van der Waals surface area contributed by atoms with Crippen molar-refractivity contribution in [3.63, 3.8) is 0 Å². The highest BCUT2D eigenvalue weighted by molar-refractivity contribution is 7.99. The summed E-state index contributed by atoms with van der Waals surface area (Å²) in [4.78, 5) is 2.37. The van der Waals surface area contributed by atoms with E-state index in [0.29, 0.717) is 11.5 Å². The smallest absolute Gasteiger partial charge is 0.119 e. The minimum absolute atomic E-state index is 0.0690. The fourth-order valence-corrected chi connectivity index (χ4v) is 5.55. The predicted molar refractivity (Wildman–Crippen MR) is 144 cm³/mol. The third kappa shape index (κ3) is 5.91. The topological polar surface area (TPSA) is 40.5 Å². The number of aromatic hydroxyl groups is 2. The molecule has 2 N–H and O–H groups in total. The van der Waals surface area contributed by atoms with E-state index in [2.05, 4.69) is 95.2 Å². The minimum atomic E-state index is -0.161. The summed E-state index contributed by atoms with van der Waals surface area (Å²) in [5, 5.41) is 21.9. The lowest BCUT2D eigenvalue weighted by molar-refractivity contribution is 0.435. The molecule has 33 heavy (non-hydrogen) atoms. The lowest BCUT2D eigenvalue weighted by Gasteiger charge is -2.32. The van der Waals surface area contributed by atoms with E-state index < -0.39 is 0 Å². The number of phenols is 2. The molecule has 2 nitrogen and oxygen atoms in total. The van der Waals surface area contributed by atoms with Gasteiger partial charge in [-0.25, -0.2) is 0 Å². The van der Waals surface area contributed by atoms with E-state index in [0.717, 1.165) is 24.0 Å². The van der Waals surface area contributed by atoms with Gasteiger partial charge in [-0.3, -0.25) is 0 Å². The maximum Gasteiger partial charge on any atom is 0.119 e. The Morgan fingerprint density at radius 1 is 0.545 bits per heavy atom. The third-order valence-corrected chi connectivity index (χ3v) is 8.37. The maximum absolute atomic E-state index is 10.9. The molecule has 0 aliphatic carbocycles. The molecule has 3 heteroatoms. The summed E-state index contributed by atoms with van der Waals surface area (Å²) in [6.07, 6.45) is 1.95. The van der Waals surface area contributed by atoms with Crippen LogP contribution in [0.1, 0.15) is 118 Å². The summed E-state index contributed by atoms with van der Waals surface area (Å²) in [6.45, 7) is 26.3. The molecule has 184 valence electrons. The van der Waals surface area contributed by atoms with Crippen molar-refractivity contribution in [2.45, 2.75) is 127 Å². The van der Waals surface area contributed by atoms with Gasteiger partial charge in [-0.05, 0) is 69.9 Å².